The van der Waals surface area contributed by atoms with E-state index in [0.29, 0.717) is 0 Å². The summed E-state index contributed by atoms with van der Waals surface area (Å²) in [5, 5.41) is 7.20. The zero-order chi connectivity index (χ0) is 14.8. The van der Waals surface area contributed by atoms with Gasteiger partial charge in [0.05, 0.1) is 16.8 Å². The van der Waals surface area contributed by atoms with Crippen LogP contribution in [-0.4, -0.2) is 24.2 Å². The monoisotopic (exact) mass is 294 g/mol. The molecule has 2 aromatic rings. The van der Waals surface area contributed by atoms with Gasteiger partial charge in [-0.25, -0.2) is 13.1 Å². The van der Waals surface area contributed by atoms with Gasteiger partial charge in [0.25, 0.3) is 0 Å². The van der Waals surface area contributed by atoms with Crippen molar-refractivity contribution in [1.82, 2.24) is 14.5 Å². The molecule has 1 aromatic heterocycles. The zero-order valence-electron chi connectivity index (χ0n) is 11.7. The first-order valence-corrected chi connectivity index (χ1v) is 7.73. The second-order valence-electron chi connectivity index (χ2n) is 4.83. The van der Waals surface area contributed by atoms with Gasteiger partial charge in [-0.15, -0.1) is 0 Å². The average molecular weight is 294 g/mol. The molecule has 108 valence electrons. The van der Waals surface area contributed by atoms with Gasteiger partial charge in [-0.3, -0.25) is 4.68 Å². The number of aryl methyl sites for hydroxylation is 1. The number of nitrogens with zero attached hydrogens (tertiary/aromatic N) is 2. The Morgan fingerprint density at radius 2 is 1.80 bits per heavy atom. The highest BCUT2D eigenvalue weighted by molar-refractivity contribution is 7.89. The van der Waals surface area contributed by atoms with Gasteiger partial charge < -0.3 is 5.32 Å². The van der Waals surface area contributed by atoms with Crippen molar-refractivity contribution in [1.29, 1.82) is 0 Å². The molecule has 0 aliphatic carbocycles. The third kappa shape index (κ3) is 3.58. The molecule has 0 aliphatic rings. The summed E-state index contributed by atoms with van der Waals surface area (Å²) >= 11 is 0. The van der Waals surface area contributed by atoms with E-state index in [9.17, 15) is 8.42 Å². The average Bonchev–Trinajstić information content (AvgIpc) is 2.74. The van der Waals surface area contributed by atoms with Crippen LogP contribution < -0.4 is 10.0 Å². The van der Waals surface area contributed by atoms with Crippen LogP contribution in [0.1, 0.15) is 13.8 Å². The van der Waals surface area contributed by atoms with Gasteiger partial charge in [-0.05, 0) is 38.1 Å². The molecule has 0 radical (unpaired) electrons. The van der Waals surface area contributed by atoms with Gasteiger partial charge in [-0.1, -0.05) is 0 Å². The summed E-state index contributed by atoms with van der Waals surface area (Å²) in [4.78, 5) is 0.253. The molecule has 1 aromatic carbocycles. The molecule has 0 fully saturated rings. The van der Waals surface area contributed by atoms with Crippen molar-refractivity contribution in [2.24, 2.45) is 7.05 Å². The summed E-state index contributed by atoms with van der Waals surface area (Å²) < 4.78 is 28.2. The number of hydrogen-bond donors (Lipinski definition) is 2. The molecule has 0 unspecified atom stereocenters. The van der Waals surface area contributed by atoms with Crippen molar-refractivity contribution in [3.63, 3.8) is 0 Å². The highest BCUT2D eigenvalue weighted by Crippen LogP contribution is 2.18. The minimum atomic E-state index is -3.44. The Hall–Kier alpha value is -1.86. The summed E-state index contributed by atoms with van der Waals surface area (Å²) in [5.74, 6) is 0. The van der Waals surface area contributed by atoms with Gasteiger partial charge in [0.1, 0.15) is 0 Å². The quantitative estimate of drug-likeness (QED) is 0.882. The van der Waals surface area contributed by atoms with Crippen LogP contribution in [0, 0.1) is 0 Å². The van der Waals surface area contributed by atoms with Crippen LogP contribution in [0.2, 0.25) is 0 Å². The van der Waals surface area contributed by atoms with Crippen LogP contribution in [0.25, 0.3) is 0 Å². The summed E-state index contributed by atoms with van der Waals surface area (Å²) in [6.45, 7) is 3.58. The fraction of sp³-hybridized carbons (Fsp3) is 0.308. The third-order valence-electron chi connectivity index (χ3n) is 2.55. The lowest BCUT2D eigenvalue weighted by molar-refractivity contribution is 0.570. The lowest BCUT2D eigenvalue weighted by Crippen LogP contribution is -2.30. The number of rotatable bonds is 5. The molecule has 0 atom stereocenters. The molecule has 0 saturated carbocycles. The highest BCUT2D eigenvalue weighted by atomic mass is 32.2. The first kappa shape index (κ1) is 14.5. The van der Waals surface area contributed by atoms with Gasteiger partial charge in [-0.2, -0.15) is 5.10 Å². The third-order valence-corrected chi connectivity index (χ3v) is 4.22. The molecule has 20 heavy (non-hydrogen) atoms. The van der Waals surface area contributed by atoms with Crippen LogP contribution in [-0.2, 0) is 17.1 Å². The SMILES string of the molecule is CC(C)NS(=O)(=O)c1ccc(Nc2cnn(C)c2)cc1. The molecule has 0 amide bonds. The number of hydrogen-bond acceptors (Lipinski definition) is 4. The normalized spacial score (nSPS) is 11.8. The van der Waals surface area contributed by atoms with E-state index in [1.165, 1.54) is 0 Å². The molecule has 2 rings (SSSR count). The van der Waals surface area contributed by atoms with Crippen LogP contribution in [0.5, 0.6) is 0 Å². The van der Waals surface area contributed by atoms with Gasteiger partial charge in [0.15, 0.2) is 0 Å². The fourth-order valence-corrected chi connectivity index (χ4v) is 3.00. The van der Waals surface area contributed by atoms with Crippen molar-refractivity contribution in [3.8, 4) is 0 Å². The maximum atomic E-state index is 12.0. The Balaban J connectivity index is 2.14. The van der Waals surface area contributed by atoms with Crippen molar-refractivity contribution in [3.05, 3.63) is 36.7 Å². The lowest BCUT2D eigenvalue weighted by atomic mass is 10.3. The Labute approximate surface area is 118 Å². The van der Waals surface area contributed by atoms with Crippen LogP contribution >= 0.6 is 0 Å². The number of nitrogens with one attached hydrogen (secondary N) is 2. The first-order valence-electron chi connectivity index (χ1n) is 6.25. The van der Waals surface area contributed by atoms with Gasteiger partial charge in [0.2, 0.25) is 10.0 Å². The second kappa shape index (κ2) is 5.64. The Morgan fingerprint density at radius 1 is 1.15 bits per heavy atom. The molecule has 1 heterocycles. The smallest absolute Gasteiger partial charge is 0.240 e. The largest absolute Gasteiger partial charge is 0.353 e. The molecule has 0 aliphatic heterocycles. The molecular formula is C13H18N4O2S. The van der Waals surface area contributed by atoms with E-state index in [0.717, 1.165) is 11.4 Å². The molecule has 0 bridgehead atoms. The van der Waals surface area contributed by atoms with Crippen molar-refractivity contribution in [2.75, 3.05) is 5.32 Å². The van der Waals surface area contributed by atoms with E-state index in [4.69, 9.17) is 0 Å². The Bertz CT molecular complexity index is 675. The Morgan fingerprint density at radius 3 is 2.30 bits per heavy atom. The van der Waals surface area contributed by atoms with E-state index in [2.05, 4.69) is 15.1 Å². The molecule has 6 nitrogen and oxygen atoms in total. The van der Waals surface area contributed by atoms with E-state index in [1.54, 1.807) is 49.0 Å². The van der Waals surface area contributed by atoms with Gasteiger partial charge in [0, 0.05) is 25.0 Å². The van der Waals surface area contributed by atoms with Crippen LogP contribution in [0.15, 0.2) is 41.6 Å². The molecular weight excluding hydrogens is 276 g/mol. The molecule has 0 saturated heterocycles. The van der Waals surface area contributed by atoms with E-state index >= 15 is 0 Å². The van der Waals surface area contributed by atoms with Crippen molar-refractivity contribution in [2.45, 2.75) is 24.8 Å². The summed E-state index contributed by atoms with van der Waals surface area (Å²) in [7, 11) is -1.61. The summed E-state index contributed by atoms with van der Waals surface area (Å²) in [6.07, 6.45) is 3.54. The van der Waals surface area contributed by atoms with E-state index in [1.807, 2.05) is 13.2 Å². The Kier molecular flexibility index (Phi) is 4.10. The fourth-order valence-electron chi connectivity index (χ4n) is 1.75. The first-order chi connectivity index (χ1) is 9.37. The van der Waals surface area contributed by atoms with Gasteiger partial charge >= 0.3 is 0 Å². The summed E-state index contributed by atoms with van der Waals surface area (Å²) in [6, 6.07) is 6.46. The standard InChI is InChI=1S/C13H18N4O2S/c1-10(2)16-20(18,19)13-6-4-11(5-7-13)15-12-8-14-17(3)9-12/h4-10,15-16H,1-3H3. The minimum Gasteiger partial charge on any atom is -0.353 e. The maximum absolute atomic E-state index is 12.0. The number of aromatic nitrogens is 2. The van der Waals surface area contributed by atoms with Crippen molar-refractivity contribution < 1.29 is 8.42 Å². The molecule has 7 heteroatoms. The van der Waals surface area contributed by atoms with Crippen LogP contribution in [0.3, 0.4) is 0 Å². The predicted molar refractivity (Wildman–Crippen MR) is 78.4 cm³/mol. The molecule has 2 N–H and O–H groups in total. The lowest BCUT2D eigenvalue weighted by Gasteiger charge is -2.10. The van der Waals surface area contributed by atoms with Crippen LogP contribution in [0.4, 0.5) is 11.4 Å². The zero-order valence-corrected chi connectivity index (χ0v) is 12.5. The highest BCUT2D eigenvalue weighted by Gasteiger charge is 2.14. The maximum Gasteiger partial charge on any atom is 0.240 e. The molecule has 0 spiro atoms. The number of sulfonamides is 1. The van der Waals surface area contributed by atoms with Crippen molar-refractivity contribution >= 4 is 21.4 Å². The van der Waals surface area contributed by atoms with E-state index in [-0.39, 0.29) is 10.9 Å². The predicted octanol–water partition coefficient (Wildman–Crippen LogP) is 1.85. The van der Waals surface area contributed by atoms with E-state index < -0.39 is 10.0 Å². The second-order valence-corrected chi connectivity index (χ2v) is 6.54. The minimum absolute atomic E-state index is 0.131. The summed E-state index contributed by atoms with van der Waals surface area (Å²) in [5.41, 5.74) is 1.66. The number of benzene rings is 1. The number of anilines is 2. The topological polar surface area (TPSA) is 76.0 Å².